The first-order valence-corrected chi connectivity index (χ1v) is 9.33. The molecule has 1 saturated heterocycles. The summed E-state index contributed by atoms with van der Waals surface area (Å²) in [7, 11) is 1.53. The number of carboxylic acid groups (broad SMARTS) is 1. The van der Waals surface area contributed by atoms with Gasteiger partial charge in [-0.15, -0.1) is 13.2 Å². The Labute approximate surface area is 176 Å². The highest BCUT2D eigenvalue weighted by Crippen LogP contribution is 2.28. The van der Waals surface area contributed by atoms with Crippen LogP contribution in [-0.4, -0.2) is 65.6 Å². The number of carbonyl (C=O) groups is 2. The first kappa shape index (κ1) is 22.3. The molecule has 1 aromatic carbocycles. The molecule has 2 aromatic rings. The van der Waals surface area contributed by atoms with Crippen molar-refractivity contribution in [2.45, 2.75) is 18.9 Å². The highest BCUT2D eigenvalue weighted by Gasteiger charge is 2.47. The summed E-state index contributed by atoms with van der Waals surface area (Å²) in [4.78, 5) is 31.2. The fraction of sp³-hybridized carbons (Fsp3) is 0.350. The molecule has 1 amide bonds. The Bertz CT molecular complexity index is 950. The van der Waals surface area contributed by atoms with Crippen LogP contribution in [0.15, 0.2) is 42.6 Å². The monoisotopic (exact) mass is 438 g/mol. The maximum Gasteiger partial charge on any atom is 0.573 e. The number of hydrogen-bond acceptors (Lipinski definition) is 6. The Morgan fingerprint density at radius 2 is 1.77 bits per heavy atom. The SMILES string of the molecule is CNC1(C(C)=O)CN(c2ccc(-c3ccc(OC(F)(F)F)cc3)cn2)CCN1C(=O)O. The van der Waals surface area contributed by atoms with Crippen molar-refractivity contribution < 1.29 is 32.6 Å². The average Bonchev–Trinajstić information content (AvgIpc) is 2.72. The van der Waals surface area contributed by atoms with E-state index in [2.05, 4.69) is 15.0 Å². The molecule has 3 rings (SSSR count). The topological polar surface area (TPSA) is 95.0 Å². The molecule has 0 saturated carbocycles. The van der Waals surface area contributed by atoms with Crippen molar-refractivity contribution in [2.24, 2.45) is 0 Å². The number of Topliss-reactive ketones (excluding diaryl/α,β-unsaturated/α-hetero) is 1. The van der Waals surface area contributed by atoms with Crippen molar-refractivity contribution in [1.82, 2.24) is 15.2 Å². The lowest BCUT2D eigenvalue weighted by atomic mass is 10.00. The minimum atomic E-state index is -4.75. The minimum absolute atomic E-state index is 0.0843. The molecule has 1 fully saturated rings. The number of hydrogen-bond donors (Lipinski definition) is 2. The van der Waals surface area contributed by atoms with E-state index in [1.807, 2.05) is 0 Å². The predicted molar refractivity (Wildman–Crippen MR) is 106 cm³/mol. The third-order valence-corrected chi connectivity index (χ3v) is 5.19. The fourth-order valence-electron chi connectivity index (χ4n) is 3.59. The number of rotatable bonds is 5. The van der Waals surface area contributed by atoms with Gasteiger partial charge < -0.3 is 14.7 Å². The largest absolute Gasteiger partial charge is 0.573 e. The van der Waals surface area contributed by atoms with Crippen LogP contribution in [0, 0.1) is 0 Å². The molecule has 166 valence electrons. The van der Waals surface area contributed by atoms with E-state index in [0.29, 0.717) is 23.5 Å². The van der Waals surface area contributed by atoms with Crippen LogP contribution < -0.4 is 15.0 Å². The number of alkyl halides is 3. The van der Waals surface area contributed by atoms with Crippen LogP contribution in [0.25, 0.3) is 11.1 Å². The summed E-state index contributed by atoms with van der Waals surface area (Å²) in [6.07, 6.45) is -4.38. The van der Waals surface area contributed by atoms with Crippen LogP contribution in [0.2, 0.25) is 0 Å². The highest BCUT2D eigenvalue weighted by atomic mass is 19.4. The molecule has 0 radical (unpaired) electrons. The van der Waals surface area contributed by atoms with Crippen molar-refractivity contribution in [1.29, 1.82) is 0 Å². The van der Waals surface area contributed by atoms with E-state index < -0.39 is 18.1 Å². The third kappa shape index (κ3) is 4.71. The minimum Gasteiger partial charge on any atom is -0.465 e. The molecule has 1 aromatic heterocycles. The normalized spacial score (nSPS) is 19.3. The summed E-state index contributed by atoms with van der Waals surface area (Å²) in [5.41, 5.74) is -0.0610. The van der Waals surface area contributed by atoms with Gasteiger partial charge in [0.25, 0.3) is 0 Å². The smallest absolute Gasteiger partial charge is 0.465 e. The van der Waals surface area contributed by atoms with Crippen molar-refractivity contribution in [3.05, 3.63) is 42.6 Å². The molecule has 0 bridgehead atoms. The van der Waals surface area contributed by atoms with Gasteiger partial charge in [-0.1, -0.05) is 12.1 Å². The van der Waals surface area contributed by atoms with Crippen LogP contribution in [0.1, 0.15) is 6.92 Å². The van der Waals surface area contributed by atoms with Crippen LogP contribution in [0.4, 0.5) is 23.8 Å². The molecule has 31 heavy (non-hydrogen) atoms. The van der Waals surface area contributed by atoms with Gasteiger partial charge in [0.05, 0.1) is 6.54 Å². The van der Waals surface area contributed by atoms with Crippen molar-refractivity contribution in [3.63, 3.8) is 0 Å². The van der Waals surface area contributed by atoms with Crippen LogP contribution in [-0.2, 0) is 4.79 Å². The lowest BCUT2D eigenvalue weighted by Gasteiger charge is -2.48. The number of aromatic nitrogens is 1. The first-order chi connectivity index (χ1) is 14.6. The Morgan fingerprint density at radius 3 is 2.26 bits per heavy atom. The summed E-state index contributed by atoms with van der Waals surface area (Å²) in [6.45, 7) is 1.87. The van der Waals surface area contributed by atoms with Crippen LogP contribution in [0.3, 0.4) is 0 Å². The number of halogens is 3. The zero-order valence-electron chi connectivity index (χ0n) is 16.8. The second-order valence-corrected chi connectivity index (χ2v) is 7.00. The van der Waals surface area contributed by atoms with Gasteiger partial charge in [0.2, 0.25) is 0 Å². The maximum atomic E-state index is 12.3. The molecule has 2 N–H and O–H groups in total. The number of ether oxygens (including phenoxy) is 1. The van der Waals surface area contributed by atoms with Gasteiger partial charge in [0.15, 0.2) is 11.4 Å². The average molecular weight is 438 g/mol. The van der Waals surface area contributed by atoms with Crippen molar-refractivity contribution in [3.8, 4) is 16.9 Å². The molecular formula is C20H21F3N4O4. The van der Waals surface area contributed by atoms with Gasteiger partial charge in [-0.3, -0.25) is 15.0 Å². The number of ketones is 1. The van der Waals surface area contributed by atoms with E-state index in [1.54, 1.807) is 23.2 Å². The van der Waals surface area contributed by atoms with E-state index in [9.17, 15) is 27.9 Å². The molecule has 11 heteroatoms. The van der Waals surface area contributed by atoms with E-state index in [0.717, 1.165) is 4.90 Å². The number of nitrogens with one attached hydrogen (secondary N) is 1. The number of carbonyl (C=O) groups excluding carboxylic acids is 1. The summed E-state index contributed by atoms with van der Waals surface area (Å²) < 4.78 is 40.7. The van der Waals surface area contributed by atoms with Gasteiger partial charge >= 0.3 is 12.5 Å². The van der Waals surface area contributed by atoms with E-state index in [-0.39, 0.29) is 24.6 Å². The molecule has 1 aliphatic rings. The lowest BCUT2D eigenvalue weighted by Crippen LogP contribution is -2.73. The van der Waals surface area contributed by atoms with Gasteiger partial charge in [-0.25, -0.2) is 9.78 Å². The summed E-state index contributed by atoms with van der Waals surface area (Å²) >= 11 is 0. The molecule has 1 unspecified atom stereocenters. The molecule has 8 nitrogen and oxygen atoms in total. The Hall–Kier alpha value is -3.34. The van der Waals surface area contributed by atoms with E-state index in [1.165, 1.54) is 38.2 Å². The Morgan fingerprint density at radius 1 is 1.13 bits per heavy atom. The Kier molecular flexibility index (Phi) is 6.07. The number of nitrogens with zero attached hydrogens (tertiary/aromatic N) is 3. The molecule has 0 spiro atoms. The van der Waals surface area contributed by atoms with Gasteiger partial charge in [0, 0.05) is 24.8 Å². The quantitative estimate of drug-likeness (QED) is 0.741. The molecule has 1 aliphatic heterocycles. The number of benzene rings is 1. The van der Waals surface area contributed by atoms with Crippen molar-refractivity contribution >= 4 is 17.7 Å². The summed E-state index contributed by atoms with van der Waals surface area (Å²) in [5.74, 6) is -0.101. The zero-order chi connectivity index (χ0) is 22.8. The van der Waals surface area contributed by atoms with E-state index >= 15 is 0 Å². The number of likely N-dealkylation sites (N-methyl/N-ethyl adjacent to an activating group) is 1. The zero-order valence-corrected chi connectivity index (χ0v) is 16.8. The molecule has 0 aliphatic carbocycles. The van der Waals surface area contributed by atoms with Crippen LogP contribution in [0.5, 0.6) is 5.75 Å². The van der Waals surface area contributed by atoms with E-state index in [4.69, 9.17) is 0 Å². The first-order valence-electron chi connectivity index (χ1n) is 9.33. The van der Waals surface area contributed by atoms with Gasteiger partial charge in [-0.05, 0) is 43.8 Å². The Balaban J connectivity index is 1.78. The number of amides is 1. The van der Waals surface area contributed by atoms with Crippen molar-refractivity contribution in [2.75, 3.05) is 31.6 Å². The number of anilines is 1. The lowest BCUT2D eigenvalue weighted by molar-refractivity contribution is -0.274. The number of piperazine rings is 1. The molecular weight excluding hydrogens is 417 g/mol. The molecule has 1 atom stereocenters. The fourth-order valence-corrected chi connectivity index (χ4v) is 3.59. The summed E-state index contributed by atoms with van der Waals surface area (Å²) in [5, 5.41) is 12.3. The summed E-state index contributed by atoms with van der Waals surface area (Å²) in [6, 6.07) is 8.88. The maximum absolute atomic E-state index is 12.3. The second-order valence-electron chi connectivity index (χ2n) is 7.00. The second kappa shape index (κ2) is 8.42. The third-order valence-electron chi connectivity index (χ3n) is 5.19. The van der Waals surface area contributed by atoms with Gasteiger partial charge in [-0.2, -0.15) is 0 Å². The van der Waals surface area contributed by atoms with Crippen LogP contribution >= 0.6 is 0 Å². The van der Waals surface area contributed by atoms with Gasteiger partial charge in [0.1, 0.15) is 11.6 Å². The standard InChI is InChI=1S/C20H21F3N4O4/c1-13(28)19(24-2)12-26(9-10-27(19)18(29)30)17-8-5-15(11-25-17)14-3-6-16(7-4-14)31-20(21,22)23/h3-8,11,24H,9-10,12H2,1-2H3,(H,29,30). The molecule has 2 heterocycles. The highest BCUT2D eigenvalue weighted by molar-refractivity contribution is 5.90. The predicted octanol–water partition coefficient (Wildman–Crippen LogP) is 2.95. The number of pyridine rings is 1.